The van der Waals surface area contributed by atoms with E-state index in [-0.39, 0.29) is 12.5 Å². The zero-order valence-corrected chi connectivity index (χ0v) is 19.5. The fraction of sp³-hybridized carbons (Fsp3) is 0.125. The lowest BCUT2D eigenvalue weighted by Gasteiger charge is -2.16. The fourth-order valence-corrected chi connectivity index (χ4v) is 4.01. The summed E-state index contributed by atoms with van der Waals surface area (Å²) in [6.45, 7) is 0.180. The van der Waals surface area contributed by atoms with E-state index in [4.69, 9.17) is 26.3 Å². The highest BCUT2D eigenvalue weighted by Gasteiger charge is 2.17. The third-order valence-corrected chi connectivity index (χ3v) is 5.96. The molecule has 0 spiro atoms. The van der Waals surface area contributed by atoms with Gasteiger partial charge in [0.1, 0.15) is 23.0 Å². The van der Waals surface area contributed by atoms with Crippen molar-refractivity contribution in [3.63, 3.8) is 0 Å². The van der Waals surface area contributed by atoms with Crippen LogP contribution < -0.4 is 10.1 Å². The number of carbonyl (C=O) groups excluding carboxylic acids is 1. The molecule has 0 aliphatic heterocycles. The van der Waals surface area contributed by atoms with E-state index in [1.54, 1.807) is 29.2 Å². The summed E-state index contributed by atoms with van der Waals surface area (Å²) < 4.78 is 12.1. The third kappa shape index (κ3) is 5.42. The minimum absolute atomic E-state index is 0.180. The van der Waals surface area contributed by atoms with Crippen LogP contribution in [-0.2, 0) is 6.54 Å². The molecule has 33 heavy (non-hydrogen) atoms. The lowest BCUT2D eigenvalue weighted by atomic mass is 10.1. The summed E-state index contributed by atoms with van der Waals surface area (Å²) in [5.74, 6) is 1.83. The molecule has 9 heteroatoms. The molecule has 0 radical (unpaired) electrons. The van der Waals surface area contributed by atoms with E-state index >= 15 is 0 Å². The fourth-order valence-electron chi connectivity index (χ4n) is 3.05. The average Bonchev–Trinajstić information content (AvgIpc) is 3.47. The normalized spacial score (nSPS) is 10.6. The molecule has 2 N–H and O–H groups in total. The number of ether oxygens (including phenoxy) is 1. The number of amidine groups is 1. The number of hydrogen-bond acceptors (Lipinski definition) is 6. The minimum atomic E-state index is -0.232. The standard InChI is InChI=1S/C24H21ClN4O3S/c1-29(2)23(26)15-8-9-18(20(12-15)31-16-6-4-3-5-7-16)19-13-17(32-28-19)14-27-24(30)21-10-11-22(25)33-21/h3-13,26H,14H2,1-2H3,(H,27,30). The Hall–Kier alpha value is -3.62. The molecule has 4 aromatic rings. The Morgan fingerprint density at radius 2 is 1.94 bits per heavy atom. The van der Waals surface area contributed by atoms with Gasteiger partial charge in [0, 0.05) is 31.3 Å². The molecule has 0 saturated heterocycles. The Labute approximate surface area is 200 Å². The first-order chi connectivity index (χ1) is 15.9. The van der Waals surface area contributed by atoms with Crippen LogP contribution in [0, 0.1) is 5.41 Å². The molecule has 2 heterocycles. The number of amides is 1. The topological polar surface area (TPSA) is 91.5 Å². The molecule has 1 amide bonds. The van der Waals surface area contributed by atoms with Gasteiger partial charge in [-0.15, -0.1) is 11.3 Å². The SMILES string of the molecule is CN(C)C(=N)c1ccc(-c2cc(CNC(=O)c3ccc(Cl)s3)on2)c(Oc2ccccc2)c1. The highest BCUT2D eigenvalue weighted by molar-refractivity contribution is 7.17. The molecule has 0 atom stereocenters. The summed E-state index contributed by atoms with van der Waals surface area (Å²) in [7, 11) is 3.63. The Balaban J connectivity index is 1.57. The van der Waals surface area contributed by atoms with Crippen LogP contribution in [0.2, 0.25) is 4.34 Å². The number of nitrogens with zero attached hydrogens (tertiary/aromatic N) is 2. The molecule has 4 rings (SSSR count). The molecule has 0 aliphatic rings. The molecule has 0 fully saturated rings. The Kier molecular flexibility index (Phi) is 6.76. The van der Waals surface area contributed by atoms with Crippen molar-refractivity contribution >= 4 is 34.7 Å². The molecule has 0 aliphatic carbocycles. The van der Waals surface area contributed by atoms with E-state index in [1.807, 2.05) is 56.6 Å². The third-order valence-electron chi connectivity index (χ3n) is 4.73. The van der Waals surface area contributed by atoms with Crippen molar-refractivity contribution in [3.05, 3.63) is 87.3 Å². The van der Waals surface area contributed by atoms with E-state index in [1.165, 1.54) is 11.3 Å². The van der Waals surface area contributed by atoms with E-state index in [2.05, 4.69) is 10.5 Å². The maximum atomic E-state index is 12.3. The number of aromatic nitrogens is 1. The zero-order chi connectivity index (χ0) is 23.4. The molecule has 2 aromatic heterocycles. The van der Waals surface area contributed by atoms with Crippen LogP contribution >= 0.6 is 22.9 Å². The van der Waals surface area contributed by atoms with Crippen LogP contribution in [0.1, 0.15) is 21.0 Å². The van der Waals surface area contributed by atoms with E-state index in [0.29, 0.717) is 49.1 Å². The zero-order valence-electron chi connectivity index (χ0n) is 18.0. The maximum absolute atomic E-state index is 12.3. The van der Waals surface area contributed by atoms with Crippen molar-refractivity contribution in [1.82, 2.24) is 15.4 Å². The van der Waals surface area contributed by atoms with Gasteiger partial charge in [-0.05, 0) is 36.4 Å². The van der Waals surface area contributed by atoms with Gasteiger partial charge in [0.2, 0.25) is 0 Å². The van der Waals surface area contributed by atoms with Crippen LogP contribution in [0.3, 0.4) is 0 Å². The average molecular weight is 481 g/mol. The van der Waals surface area contributed by atoms with Crippen molar-refractivity contribution in [2.45, 2.75) is 6.54 Å². The van der Waals surface area contributed by atoms with E-state index in [0.717, 1.165) is 0 Å². The summed E-state index contributed by atoms with van der Waals surface area (Å²) in [5.41, 5.74) is 1.98. The minimum Gasteiger partial charge on any atom is -0.457 e. The summed E-state index contributed by atoms with van der Waals surface area (Å²) in [6.07, 6.45) is 0. The predicted octanol–water partition coefficient (Wildman–Crippen LogP) is 5.67. The number of hydrogen-bond donors (Lipinski definition) is 2. The molecular formula is C24H21ClN4O3S. The van der Waals surface area contributed by atoms with Gasteiger partial charge in [0.25, 0.3) is 5.91 Å². The number of para-hydroxylation sites is 1. The first-order valence-corrected chi connectivity index (χ1v) is 11.2. The summed E-state index contributed by atoms with van der Waals surface area (Å²) in [6, 6.07) is 20.0. The highest BCUT2D eigenvalue weighted by atomic mass is 35.5. The molecule has 7 nitrogen and oxygen atoms in total. The molecule has 0 unspecified atom stereocenters. The maximum Gasteiger partial charge on any atom is 0.261 e. The molecule has 2 aromatic carbocycles. The largest absolute Gasteiger partial charge is 0.457 e. The van der Waals surface area contributed by atoms with Gasteiger partial charge in [-0.1, -0.05) is 41.0 Å². The van der Waals surface area contributed by atoms with Crippen molar-refractivity contribution in [2.24, 2.45) is 0 Å². The van der Waals surface area contributed by atoms with Crippen LogP contribution in [0.25, 0.3) is 11.3 Å². The monoisotopic (exact) mass is 480 g/mol. The second kappa shape index (κ2) is 9.89. The van der Waals surface area contributed by atoms with Crippen LogP contribution in [-0.4, -0.2) is 35.9 Å². The molecule has 168 valence electrons. The Morgan fingerprint density at radius 3 is 2.64 bits per heavy atom. The van der Waals surface area contributed by atoms with Gasteiger partial charge in [0.15, 0.2) is 5.76 Å². The Bertz CT molecular complexity index is 1280. The van der Waals surface area contributed by atoms with E-state index < -0.39 is 0 Å². The molecule has 0 bridgehead atoms. The lowest BCUT2D eigenvalue weighted by Crippen LogP contribution is -2.21. The molecular weight excluding hydrogens is 460 g/mol. The van der Waals surface area contributed by atoms with Gasteiger partial charge >= 0.3 is 0 Å². The van der Waals surface area contributed by atoms with E-state index in [9.17, 15) is 4.79 Å². The number of halogens is 1. The Morgan fingerprint density at radius 1 is 1.15 bits per heavy atom. The van der Waals surface area contributed by atoms with Gasteiger partial charge < -0.3 is 19.5 Å². The van der Waals surface area contributed by atoms with Crippen LogP contribution in [0.15, 0.2) is 71.3 Å². The van der Waals surface area contributed by atoms with Crippen LogP contribution in [0.4, 0.5) is 0 Å². The number of rotatable bonds is 7. The lowest BCUT2D eigenvalue weighted by molar-refractivity contribution is 0.0951. The smallest absolute Gasteiger partial charge is 0.261 e. The molecule has 0 saturated carbocycles. The number of benzene rings is 2. The van der Waals surface area contributed by atoms with Gasteiger partial charge in [0.05, 0.1) is 15.8 Å². The first kappa shape index (κ1) is 22.6. The highest BCUT2D eigenvalue weighted by Crippen LogP contribution is 2.34. The van der Waals surface area contributed by atoms with Crippen LogP contribution in [0.5, 0.6) is 11.5 Å². The summed E-state index contributed by atoms with van der Waals surface area (Å²) in [5, 5.41) is 15.3. The van der Waals surface area contributed by atoms with Crippen molar-refractivity contribution in [3.8, 4) is 22.8 Å². The quantitative estimate of drug-likeness (QED) is 0.263. The van der Waals surface area contributed by atoms with Crippen molar-refractivity contribution in [1.29, 1.82) is 5.41 Å². The second-order valence-corrected chi connectivity index (χ2v) is 9.05. The summed E-state index contributed by atoms with van der Waals surface area (Å²) >= 11 is 7.11. The predicted molar refractivity (Wildman–Crippen MR) is 129 cm³/mol. The first-order valence-electron chi connectivity index (χ1n) is 10.0. The number of nitrogens with one attached hydrogen (secondary N) is 2. The van der Waals surface area contributed by atoms with Gasteiger partial charge in [-0.3, -0.25) is 10.2 Å². The van der Waals surface area contributed by atoms with Crippen molar-refractivity contribution in [2.75, 3.05) is 14.1 Å². The number of carbonyl (C=O) groups is 1. The second-order valence-electron chi connectivity index (χ2n) is 7.33. The van der Waals surface area contributed by atoms with Gasteiger partial charge in [-0.25, -0.2) is 0 Å². The van der Waals surface area contributed by atoms with Gasteiger partial charge in [-0.2, -0.15) is 0 Å². The summed E-state index contributed by atoms with van der Waals surface area (Å²) in [4.78, 5) is 14.5. The van der Waals surface area contributed by atoms with Crippen molar-refractivity contribution < 1.29 is 14.1 Å². The number of thiophene rings is 1.